The van der Waals surface area contributed by atoms with Crippen molar-refractivity contribution in [2.24, 2.45) is 0 Å². The van der Waals surface area contributed by atoms with Gasteiger partial charge in [-0.1, -0.05) is 58.0 Å². The lowest BCUT2D eigenvalue weighted by Gasteiger charge is -2.31. The van der Waals surface area contributed by atoms with Gasteiger partial charge in [-0.25, -0.2) is 9.18 Å². The van der Waals surface area contributed by atoms with E-state index in [9.17, 15) is 14.0 Å². The number of urea groups is 1. The highest BCUT2D eigenvalue weighted by molar-refractivity contribution is 7.10. The maximum absolute atomic E-state index is 13.7. The Hall–Kier alpha value is -3.19. The van der Waals surface area contributed by atoms with Crippen LogP contribution in [0.1, 0.15) is 80.5 Å². The molecule has 0 radical (unpaired) electrons. The summed E-state index contributed by atoms with van der Waals surface area (Å²) in [5.41, 5.74) is 4.94. The van der Waals surface area contributed by atoms with Gasteiger partial charge in [-0.15, -0.1) is 11.3 Å². The van der Waals surface area contributed by atoms with Crippen LogP contribution in [0.5, 0.6) is 0 Å². The third-order valence-electron chi connectivity index (χ3n) is 6.74. The molecule has 0 atom stereocenters. The van der Waals surface area contributed by atoms with E-state index in [-0.39, 0.29) is 42.2 Å². The molecule has 7 heteroatoms. The summed E-state index contributed by atoms with van der Waals surface area (Å²) in [6, 6.07) is 13.9. The minimum atomic E-state index is -0.314. The topological polar surface area (TPSA) is 52.7 Å². The summed E-state index contributed by atoms with van der Waals surface area (Å²) in [7, 11) is 0. The number of para-hydroxylation sites is 1. The van der Waals surface area contributed by atoms with Gasteiger partial charge in [0.25, 0.3) is 0 Å². The number of nitrogens with one attached hydrogen (secondary N) is 1. The number of amides is 3. The van der Waals surface area contributed by atoms with Crippen LogP contribution in [0.2, 0.25) is 0 Å². The second-order valence-corrected chi connectivity index (χ2v) is 11.7. The molecule has 0 saturated carbocycles. The summed E-state index contributed by atoms with van der Waals surface area (Å²) in [5, 5.41) is 5.17. The van der Waals surface area contributed by atoms with Crippen molar-refractivity contribution < 1.29 is 14.0 Å². The molecule has 3 rings (SSSR count). The number of rotatable bonds is 10. The zero-order valence-corrected chi connectivity index (χ0v) is 24.4. The Morgan fingerprint density at radius 2 is 1.50 bits per heavy atom. The molecule has 2 aromatic carbocycles. The average Bonchev–Trinajstić information content (AvgIpc) is 3.26. The van der Waals surface area contributed by atoms with Gasteiger partial charge in [0.1, 0.15) is 12.4 Å². The SMILES string of the molecule is Cc1ccsc1CN(Cc1ccc(F)cc1)C(=O)CN(C(=O)Nc1c(C(C)C)cccc1C(C)C)C(C)C. The van der Waals surface area contributed by atoms with Gasteiger partial charge in [0, 0.05) is 23.2 Å². The molecule has 3 aromatic rings. The fourth-order valence-corrected chi connectivity index (χ4v) is 5.31. The van der Waals surface area contributed by atoms with Crippen molar-refractivity contribution in [1.29, 1.82) is 0 Å². The summed E-state index contributed by atoms with van der Waals surface area (Å²) in [4.78, 5) is 31.8. The molecule has 1 N–H and O–H groups in total. The Balaban J connectivity index is 1.86. The maximum Gasteiger partial charge on any atom is 0.322 e. The van der Waals surface area contributed by atoms with Crippen molar-refractivity contribution in [2.75, 3.05) is 11.9 Å². The van der Waals surface area contributed by atoms with Crippen LogP contribution in [0.25, 0.3) is 0 Å². The molecule has 0 aliphatic carbocycles. The van der Waals surface area contributed by atoms with Crippen molar-refractivity contribution in [2.45, 2.75) is 79.4 Å². The van der Waals surface area contributed by atoms with Crippen LogP contribution in [0.15, 0.2) is 53.9 Å². The Morgan fingerprint density at radius 3 is 2.00 bits per heavy atom. The fourth-order valence-electron chi connectivity index (χ4n) is 4.39. The number of thiophene rings is 1. The Labute approximate surface area is 230 Å². The molecule has 0 aliphatic heterocycles. The quantitative estimate of drug-likeness (QED) is 0.286. The molecule has 3 amide bonds. The van der Waals surface area contributed by atoms with Crippen LogP contribution < -0.4 is 5.32 Å². The summed E-state index contributed by atoms with van der Waals surface area (Å²) >= 11 is 1.60. The Bertz CT molecular complexity index is 1210. The first-order valence-corrected chi connectivity index (χ1v) is 14.1. The normalized spacial score (nSPS) is 11.3. The maximum atomic E-state index is 13.7. The summed E-state index contributed by atoms with van der Waals surface area (Å²) < 4.78 is 13.5. The summed E-state index contributed by atoms with van der Waals surface area (Å²) in [6.07, 6.45) is 0. The number of hydrogen-bond donors (Lipinski definition) is 1. The molecule has 0 aliphatic rings. The molecule has 1 aromatic heterocycles. The number of benzene rings is 2. The number of halogens is 1. The van der Waals surface area contributed by atoms with Crippen LogP contribution in [0.3, 0.4) is 0 Å². The van der Waals surface area contributed by atoms with E-state index in [1.807, 2.05) is 50.4 Å². The van der Waals surface area contributed by atoms with E-state index < -0.39 is 0 Å². The highest BCUT2D eigenvalue weighted by atomic mass is 32.1. The number of nitrogens with zero attached hydrogens (tertiary/aromatic N) is 2. The second kappa shape index (κ2) is 13.1. The highest BCUT2D eigenvalue weighted by Crippen LogP contribution is 2.32. The fraction of sp³-hybridized carbons (Fsp3) is 0.419. The predicted molar refractivity (Wildman–Crippen MR) is 155 cm³/mol. The van der Waals surface area contributed by atoms with E-state index in [1.165, 1.54) is 12.1 Å². The van der Waals surface area contributed by atoms with Gasteiger partial charge in [0.2, 0.25) is 5.91 Å². The summed E-state index contributed by atoms with van der Waals surface area (Å²) in [5.74, 6) is -0.00485. The third-order valence-corrected chi connectivity index (χ3v) is 7.74. The third kappa shape index (κ3) is 7.44. The molecule has 0 saturated heterocycles. The zero-order valence-electron chi connectivity index (χ0n) is 23.5. The van der Waals surface area contributed by atoms with Crippen LogP contribution in [0.4, 0.5) is 14.9 Å². The van der Waals surface area contributed by atoms with Gasteiger partial charge >= 0.3 is 6.03 Å². The number of carbonyl (C=O) groups is 2. The monoisotopic (exact) mass is 537 g/mol. The minimum Gasteiger partial charge on any atom is -0.332 e. The van der Waals surface area contributed by atoms with E-state index in [0.29, 0.717) is 13.1 Å². The molecule has 0 bridgehead atoms. The van der Waals surface area contributed by atoms with Gasteiger partial charge in [-0.3, -0.25) is 4.79 Å². The molecule has 5 nitrogen and oxygen atoms in total. The van der Waals surface area contributed by atoms with Crippen molar-refractivity contribution in [3.05, 3.63) is 86.9 Å². The molecule has 0 fully saturated rings. The first-order chi connectivity index (χ1) is 18.0. The largest absolute Gasteiger partial charge is 0.332 e. The molecular formula is C31H40FN3O2S. The van der Waals surface area contributed by atoms with E-state index in [0.717, 1.165) is 32.8 Å². The molecular weight excluding hydrogens is 497 g/mol. The first-order valence-electron chi connectivity index (χ1n) is 13.2. The van der Waals surface area contributed by atoms with Gasteiger partial charge < -0.3 is 15.1 Å². The summed E-state index contributed by atoms with van der Waals surface area (Å²) in [6.45, 7) is 15.0. The van der Waals surface area contributed by atoms with E-state index >= 15 is 0 Å². The number of hydrogen-bond acceptors (Lipinski definition) is 3. The van der Waals surface area contributed by atoms with Gasteiger partial charge in [0.05, 0.1) is 6.54 Å². The predicted octanol–water partition coefficient (Wildman–Crippen LogP) is 7.91. The van der Waals surface area contributed by atoms with Gasteiger partial charge in [0.15, 0.2) is 0 Å². The second-order valence-electron chi connectivity index (χ2n) is 10.7. The van der Waals surface area contributed by atoms with Gasteiger partial charge in [-0.2, -0.15) is 0 Å². The van der Waals surface area contributed by atoms with Crippen molar-refractivity contribution in [3.63, 3.8) is 0 Å². The number of aryl methyl sites for hydroxylation is 1. The van der Waals surface area contributed by atoms with Gasteiger partial charge in [-0.05, 0) is 78.4 Å². The smallest absolute Gasteiger partial charge is 0.322 e. The zero-order chi connectivity index (χ0) is 28.0. The highest BCUT2D eigenvalue weighted by Gasteiger charge is 2.26. The lowest BCUT2D eigenvalue weighted by Crippen LogP contribution is -2.47. The average molecular weight is 538 g/mol. The lowest BCUT2D eigenvalue weighted by atomic mass is 9.93. The molecule has 0 spiro atoms. The minimum absolute atomic E-state index is 0.0595. The number of anilines is 1. The van der Waals surface area contributed by atoms with E-state index in [1.54, 1.807) is 33.3 Å². The van der Waals surface area contributed by atoms with E-state index in [4.69, 9.17) is 0 Å². The number of carbonyl (C=O) groups excluding carboxylic acids is 2. The van der Waals surface area contributed by atoms with Crippen molar-refractivity contribution in [1.82, 2.24) is 9.80 Å². The standard InChI is InChI=1S/C31H40FN3O2S/c1-20(2)26-9-8-10-27(21(3)4)30(26)33-31(37)35(22(5)6)19-29(36)34(18-28-23(7)15-16-38-28)17-24-11-13-25(32)14-12-24/h8-16,20-22H,17-19H2,1-7H3,(H,33,37). The van der Waals surface area contributed by atoms with Crippen LogP contribution in [-0.2, 0) is 17.9 Å². The molecule has 204 valence electrons. The van der Waals surface area contributed by atoms with Crippen LogP contribution >= 0.6 is 11.3 Å². The Kier molecular flexibility index (Phi) is 10.1. The van der Waals surface area contributed by atoms with Crippen LogP contribution in [-0.4, -0.2) is 34.3 Å². The Morgan fingerprint density at radius 1 is 0.895 bits per heavy atom. The van der Waals surface area contributed by atoms with Crippen molar-refractivity contribution in [3.8, 4) is 0 Å². The molecule has 1 heterocycles. The molecule has 38 heavy (non-hydrogen) atoms. The molecule has 0 unspecified atom stereocenters. The van der Waals surface area contributed by atoms with Crippen LogP contribution in [0, 0.1) is 12.7 Å². The van der Waals surface area contributed by atoms with Crippen molar-refractivity contribution >= 4 is 29.0 Å². The van der Waals surface area contributed by atoms with E-state index in [2.05, 4.69) is 33.0 Å². The first kappa shape index (κ1) is 29.4. The lowest BCUT2D eigenvalue weighted by molar-refractivity contribution is -0.133.